The first-order chi connectivity index (χ1) is 6.59. The highest BCUT2D eigenvalue weighted by atomic mass is 35.5. The molecule has 1 rings (SSSR count). The van der Waals surface area contributed by atoms with Gasteiger partial charge in [0.05, 0.1) is 6.20 Å². The van der Waals surface area contributed by atoms with Crippen LogP contribution in [0.25, 0.3) is 0 Å². The molecule has 14 heavy (non-hydrogen) atoms. The van der Waals surface area contributed by atoms with Gasteiger partial charge in [0.1, 0.15) is 0 Å². The maximum Gasteiger partial charge on any atom is 0.301 e. The van der Waals surface area contributed by atoms with Crippen molar-refractivity contribution in [2.24, 2.45) is 0 Å². The minimum atomic E-state index is -2.28. The predicted octanol–water partition coefficient (Wildman–Crippen LogP) is 3.89. The Balaban J connectivity index is 2.32. The van der Waals surface area contributed by atoms with Gasteiger partial charge in [0, 0.05) is 12.2 Å². The van der Waals surface area contributed by atoms with Crippen LogP contribution < -0.4 is 0 Å². The summed E-state index contributed by atoms with van der Waals surface area (Å²) in [4.78, 5) is 3.70. The minimum absolute atomic E-state index is 0.111. The number of hydrogen-bond acceptors (Lipinski definition) is 3. The lowest BCUT2D eigenvalue weighted by molar-refractivity contribution is 0.373. The molecule has 0 radical (unpaired) electrons. The Morgan fingerprint density at radius 1 is 1.50 bits per heavy atom. The first-order valence-corrected chi connectivity index (χ1v) is 4.89. The topological polar surface area (TPSA) is 26.0 Å². The second-order valence-electron chi connectivity index (χ2n) is 2.19. The van der Waals surface area contributed by atoms with Crippen LogP contribution in [0.15, 0.2) is 27.7 Å². The van der Waals surface area contributed by atoms with Crippen LogP contribution in [0.4, 0.5) is 13.2 Å². The largest absolute Gasteiger partial charge is 0.420 e. The van der Waals surface area contributed by atoms with Crippen LogP contribution in [-0.4, -0.2) is 10.7 Å². The van der Waals surface area contributed by atoms with E-state index >= 15 is 0 Å². The normalized spacial score (nSPS) is 10.3. The lowest BCUT2D eigenvalue weighted by atomic mass is 10.4. The summed E-state index contributed by atoms with van der Waals surface area (Å²) in [6.45, 7) is 0. The molecule has 0 aliphatic carbocycles. The van der Waals surface area contributed by atoms with E-state index in [9.17, 15) is 13.2 Å². The van der Waals surface area contributed by atoms with E-state index in [1.165, 1.54) is 6.20 Å². The van der Waals surface area contributed by atoms with Crippen molar-refractivity contribution in [3.8, 4) is 0 Å². The van der Waals surface area contributed by atoms with Gasteiger partial charge in [-0.05, 0) is 11.6 Å². The number of allylic oxidation sites excluding steroid dienone is 1. The zero-order valence-electron chi connectivity index (χ0n) is 6.77. The fourth-order valence-electron chi connectivity index (χ4n) is 0.629. The molecule has 1 heterocycles. The maximum atomic E-state index is 12.3. The van der Waals surface area contributed by atoms with E-state index in [2.05, 4.69) is 4.98 Å². The summed E-state index contributed by atoms with van der Waals surface area (Å²) < 4.78 is 40.3. The van der Waals surface area contributed by atoms with Crippen LogP contribution in [0.5, 0.6) is 0 Å². The molecule has 0 saturated heterocycles. The van der Waals surface area contributed by atoms with Gasteiger partial charge in [-0.1, -0.05) is 11.8 Å². The number of oxazole rings is 1. The Hall–Kier alpha value is -0.620. The highest BCUT2D eigenvalue weighted by molar-refractivity contribution is 7.99. The molecule has 0 aliphatic rings. The van der Waals surface area contributed by atoms with Crippen molar-refractivity contribution in [2.75, 3.05) is 5.75 Å². The van der Waals surface area contributed by atoms with Crippen molar-refractivity contribution >= 4 is 23.4 Å². The second-order valence-corrected chi connectivity index (χ2v) is 3.61. The summed E-state index contributed by atoms with van der Waals surface area (Å²) >= 11 is 6.42. The molecule has 0 aromatic carbocycles. The van der Waals surface area contributed by atoms with Crippen LogP contribution in [0.3, 0.4) is 0 Å². The number of rotatable bonds is 4. The average Bonchev–Trinajstić information content (AvgIpc) is 2.51. The van der Waals surface area contributed by atoms with Gasteiger partial charge >= 0.3 is 6.08 Å². The molecule has 7 heteroatoms. The first-order valence-electron chi connectivity index (χ1n) is 3.53. The molecule has 2 nitrogen and oxygen atoms in total. The summed E-state index contributed by atoms with van der Waals surface area (Å²) in [5, 5.41) is 0.349. The van der Waals surface area contributed by atoms with Crippen molar-refractivity contribution in [3.63, 3.8) is 0 Å². The highest BCUT2D eigenvalue weighted by Gasteiger charge is 2.07. The smallest absolute Gasteiger partial charge is 0.301 e. The summed E-state index contributed by atoms with van der Waals surface area (Å²) in [6, 6.07) is 0. The average molecular weight is 244 g/mol. The molecule has 78 valence electrons. The van der Waals surface area contributed by atoms with Gasteiger partial charge in [-0.25, -0.2) is 9.37 Å². The summed E-state index contributed by atoms with van der Waals surface area (Å²) in [5.41, 5.74) is 0. The van der Waals surface area contributed by atoms with E-state index in [1.807, 2.05) is 0 Å². The Kier molecular flexibility index (Phi) is 4.34. The number of halogens is 4. The number of hydrogen-bond donors (Lipinski definition) is 0. The molecule has 0 aliphatic heterocycles. The number of nitrogens with zero attached hydrogens (tertiary/aromatic N) is 1. The molecule has 1 aromatic heterocycles. The molecule has 0 N–H and O–H groups in total. The van der Waals surface area contributed by atoms with E-state index in [0.717, 1.165) is 11.8 Å². The van der Waals surface area contributed by atoms with Crippen LogP contribution in [0.2, 0.25) is 5.22 Å². The maximum absolute atomic E-state index is 12.3. The molecule has 0 saturated carbocycles. The molecule has 1 aromatic rings. The lowest BCUT2D eigenvalue weighted by Gasteiger charge is -1.94. The minimum Gasteiger partial charge on any atom is -0.420 e. The van der Waals surface area contributed by atoms with E-state index in [1.54, 1.807) is 0 Å². The van der Waals surface area contributed by atoms with E-state index in [4.69, 9.17) is 16.0 Å². The van der Waals surface area contributed by atoms with Gasteiger partial charge in [0.25, 0.3) is 5.22 Å². The van der Waals surface area contributed by atoms with Gasteiger partial charge < -0.3 is 4.42 Å². The predicted molar refractivity (Wildman–Crippen MR) is 47.2 cm³/mol. The van der Waals surface area contributed by atoms with Gasteiger partial charge in [0.15, 0.2) is 5.83 Å². The van der Waals surface area contributed by atoms with E-state index < -0.39 is 11.9 Å². The monoisotopic (exact) mass is 243 g/mol. The molecule has 0 bridgehead atoms. The van der Waals surface area contributed by atoms with Crippen molar-refractivity contribution in [1.82, 2.24) is 4.98 Å². The third kappa shape index (κ3) is 3.63. The summed E-state index contributed by atoms with van der Waals surface area (Å²) in [5.74, 6) is -1.28. The molecule has 0 unspecified atom stereocenters. The molecular formula is C7H5ClF3NOS. The molecule has 0 atom stereocenters. The lowest BCUT2D eigenvalue weighted by Crippen LogP contribution is -1.82. The molecular weight excluding hydrogens is 239 g/mol. The number of thioether (sulfide) groups is 1. The fraction of sp³-hybridized carbons (Fsp3) is 0.286. The molecule has 0 spiro atoms. The van der Waals surface area contributed by atoms with Gasteiger partial charge in [-0.3, -0.25) is 0 Å². The van der Waals surface area contributed by atoms with Crippen molar-refractivity contribution in [1.29, 1.82) is 0 Å². The van der Waals surface area contributed by atoms with E-state index in [-0.39, 0.29) is 22.6 Å². The van der Waals surface area contributed by atoms with Crippen LogP contribution in [0.1, 0.15) is 6.42 Å². The Morgan fingerprint density at radius 3 is 2.71 bits per heavy atom. The summed E-state index contributed by atoms with van der Waals surface area (Å²) in [7, 11) is 0. The van der Waals surface area contributed by atoms with Crippen LogP contribution in [-0.2, 0) is 0 Å². The Bertz CT molecular complexity index is 337. The third-order valence-electron chi connectivity index (χ3n) is 1.21. The SMILES string of the molecule is FC(F)=C(F)CCSc1ncc(Cl)o1. The van der Waals surface area contributed by atoms with Crippen molar-refractivity contribution in [3.05, 3.63) is 23.3 Å². The highest BCUT2D eigenvalue weighted by Crippen LogP contribution is 2.23. The quantitative estimate of drug-likeness (QED) is 0.751. The fourth-order valence-corrected chi connectivity index (χ4v) is 1.53. The zero-order valence-corrected chi connectivity index (χ0v) is 8.34. The van der Waals surface area contributed by atoms with Gasteiger partial charge in [-0.15, -0.1) is 0 Å². The molecule has 0 amide bonds. The van der Waals surface area contributed by atoms with Gasteiger partial charge in [0.2, 0.25) is 5.22 Å². The van der Waals surface area contributed by atoms with Gasteiger partial charge in [-0.2, -0.15) is 8.78 Å². The Morgan fingerprint density at radius 2 is 2.21 bits per heavy atom. The van der Waals surface area contributed by atoms with Crippen LogP contribution in [0, 0.1) is 0 Å². The van der Waals surface area contributed by atoms with Crippen molar-refractivity contribution < 1.29 is 17.6 Å². The number of aromatic nitrogens is 1. The standard InChI is InChI=1S/C7H5ClF3NOS/c8-5-3-12-7(13-5)14-2-1-4(9)6(10)11/h3H,1-2H2. The second kappa shape index (κ2) is 5.31. The zero-order chi connectivity index (χ0) is 10.6. The van der Waals surface area contributed by atoms with E-state index in [0.29, 0.717) is 0 Å². The van der Waals surface area contributed by atoms with Crippen LogP contribution >= 0.6 is 23.4 Å². The molecule has 0 fully saturated rings. The Labute approximate surface area is 87.1 Å². The first kappa shape index (κ1) is 11.5. The summed E-state index contributed by atoms with van der Waals surface area (Å²) in [6.07, 6.45) is -1.35. The van der Waals surface area contributed by atoms with Crippen molar-refractivity contribution in [2.45, 2.75) is 11.6 Å². The third-order valence-corrected chi connectivity index (χ3v) is 2.23.